The second kappa shape index (κ2) is 5.37. The summed E-state index contributed by atoms with van der Waals surface area (Å²) < 4.78 is 28.2. The Morgan fingerprint density at radius 1 is 1.10 bits per heavy atom. The number of benzene rings is 1. The van der Waals surface area contributed by atoms with Crippen LogP contribution in [0.15, 0.2) is 12.1 Å². The summed E-state index contributed by atoms with van der Waals surface area (Å²) in [5.41, 5.74) is 0.0545. The highest BCUT2D eigenvalue weighted by atomic mass is 19.1. The Labute approximate surface area is 117 Å². The van der Waals surface area contributed by atoms with Crippen LogP contribution in [0.3, 0.4) is 0 Å². The largest absolute Gasteiger partial charge is 0.365 e. The SMILES string of the molecule is N#Cc1cc(F)c(N2CCCN3CCCC3C2)c(F)c1. The first-order valence-corrected chi connectivity index (χ1v) is 7.07. The molecule has 3 nitrogen and oxygen atoms in total. The van der Waals surface area contributed by atoms with Crippen molar-refractivity contribution < 1.29 is 8.78 Å². The van der Waals surface area contributed by atoms with Crippen molar-refractivity contribution in [3.05, 3.63) is 29.3 Å². The van der Waals surface area contributed by atoms with E-state index in [9.17, 15) is 8.78 Å². The van der Waals surface area contributed by atoms with Gasteiger partial charge in [0.05, 0.1) is 11.6 Å². The molecule has 1 unspecified atom stereocenters. The average Bonchev–Trinajstić information content (AvgIpc) is 2.76. The van der Waals surface area contributed by atoms with Gasteiger partial charge in [-0.2, -0.15) is 5.26 Å². The van der Waals surface area contributed by atoms with E-state index >= 15 is 0 Å². The van der Waals surface area contributed by atoms with Crippen LogP contribution in [-0.4, -0.2) is 37.1 Å². The van der Waals surface area contributed by atoms with Gasteiger partial charge in [0.15, 0.2) is 11.6 Å². The lowest BCUT2D eigenvalue weighted by molar-refractivity contribution is 0.273. The molecule has 2 heterocycles. The summed E-state index contributed by atoms with van der Waals surface area (Å²) in [7, 11) is 0. The van der Waals surface area contributed by atoms with Gasteiger partial charge in [-0.15, -0.1) is 0 Å². The standard InChI is InChI=1S/C15H17F2N3/c16-13-7-11(9-18)8-14(17)15(13)20-6-2-5-19-4-1-3-12(19)10-20/h7-8,12H,1-6,10H2. The molecule has 0 bridgehead atoms. The van der Waals surface area contributed by atoms with E-state index in [4.69, 9.17) is 5.26 Å². The van der Waals surface area contributed by atoms with E-state index in [-0.39, 0.29) is 11.3 Å². The molecule has 0 radical (unpaired) electrons. The van der Waals surface area contributed by atoms with Crippen LogP contribution in [0.2, 0.25) is 0 Å². The molecule has 20 heavy (non-hydrogen) atoms. The van der Waals surface area contributed by atoms with Crippen LogP contribution in [0.25, 0.3) is 0 Å². The van der Waals surface area contributed by atoms with Crippen molar-refractivity contribution >= 4 is 5.69 Å². The van der Waals surface area contributed by atoms with Crippen LogP contribution >= 0.6 is 0 Å². The van der Waals surface area contributed by atoms with Gasteiger partial charge in [0.25, 0.3) is 0 Å². The minimum Gasteiger partial charge on any atom is -0.365 e. The fourth-order valence-corrected chi connectivity index (χ4v) is 3.34. The lowest BCUT2D eigenvalue weighted by atomic mass is 10.1. The zero-order valence-electron chi connectivity index (χ0n) is 11.3. The lowest BCUT2D eigenvalue weighted by Gasteiger charge is -2.27. The zero-order valence-corrected chi connectivity index (χ0v) is 11.3. The van der Waals surface area contributed by atoms with Crippen molar-refractivity contribution in [2.45, 2.75) is 25.3 Å². The van der Waals surface area contributed by atoms with Crippen molar-refractivity contribution in [2.24, 2.45) is 0 Å². The Morgan fingerprint density at radius 2 is 1.80 bits per heavy atom. The fourth-order valence-electron chi connectivity index (χ4n) is 3.34. The summed E-state index contributed by atoms with van der Waals surface area (Å²) in [6, 6.07) is 4.42. The van der Waals surface area contributed by atoms with Crippen LogP contribution in [0.4, 0.5) is 14.5 Å². The van der Waals surface area contributed by atoms with Gasteiger partial charge < -0.3 is 4.90 Å². The van der Waals surface area contributed by atoms with Gasteiger partial charge in [0, 0.05) is 25.7 Å². The summed E-state index contributed by atoms with van der Waals surface area (Å²) >= 11 is 0. The molecule has 0 N–H and O–H groups in total. The molecule has 5 heteroatoms. The van der Waals surface area contributed by atoms with E-state index in [1.165, 1.54) is 0 Å². The summed E-state index contributed by atoms with van der Waals surface area (Å²) in [6.45, 7) is 3.42. The van der Waals surface area contributed by atoms with Gasteiger partial charge in [-0.05, 0) is 37.9 Å². The van der Waals surface area contributed by atoms with Gasteiger partial charge in [0.2, 0.25) is 0 Å². The molecule has 1 aromatic rings. The molecule has 2 fully saturated rings. The van der Waals surface area contributed by atoms with Crippen LogP contribution in [0.5, 0.6) is 0 Å². The van der Waals surface area contributed by atoms with Gasteiger partial charge in [0.1, 0.15) is 5.69 Å². The number of fused-ring (bicyclic) bond motifs is 1. The molecular weight excluding hydrogens is 260 g/mol. The molecule has 0 aliphatic carbocycles. The maximum atomic E-state index is 14.1. The monoisotopic (exact) mass is 277 g/mol. The minimum absolute atomic E-state index is 0.0257. The molecule has 2 aliphatic rings. The molecule has 2 saturated heterocycles. The van der Waals surface area contributed by atoms with Crippen molar-refractivity contribution in [1.82, 2.24) is 4.90 Å². The minimum atomic E-state index is -0.631. The van der Waals surface area contributed by atoms with E-state index < -0.39 is 11.6 Å². The molecule has 1 atom stereocenters. The Kier molecular flexibility index (Phi) is 3.58. The van der Waals surface area contributed by atoms with Gasteiger partial charge in [-0.25, -0.2) is 8.78 Å². The lowest BCUT2D eigenvalue weighted by Crippen LogP contribution is -2.37. The number of nitriles is 1. The third-order valence-electron chi connectivity index (χ3n) is 4.27. The molecule has 0 amide bonds. The van der Waals surface area contributed by atoms with Gasteiger partial charge >= 0.3 is 0 Å². The first kappa shape index (κ1) is 13.3. The maximum Gasteiger partial charge on any atom is 0.150 e. The maximum absolute atomic E-state index is 14.1. The van der Waals surface area contributed by atoms with Crippen molar-refractivity contribution in [1.29, 1.82) is 5.26 Å². The second-order valence-electron chi connectivity index (χ2n) is 5.53. The highest BCUT2D eigenvalue weighted by molar-refractivity contribution is 5.53. The molecular formula is C15H17F2N3. The van der Waals surface area contributed by atoms with Gasteiger partial charge in [-0.1, -0.05) is 0 Å². The van der Waals surface area contributed by atoms with E-state index in [1.807, 2.05) is 4.90 Å². The Bertz CT molecular complexity index is 530. The Balaban J connectivity index is 1.90. The first-order chi connectivity index (χ1) is 9.69. The van der Waals surface area contributed by atoms with E-state index in [1.54, 1.807) is 6.07 Å². The number of nitrogens with zero attached hydrogens (tertiary/aromatic N) is 3. The van der Waals surface area contributed by atoms with E-state index in [0.717, 1.165) is 44.5 Å². The molecule has 106 valence electrons. The first-order valence-electron chi connectivity index (χ1n) is 7.07. The summed E-state index contributed by atoms with van der Waals surface area (Å²) in [5.74, 6) is -1.26. The zero-order chi connectivity index (χ0) is 14.1. The summed E-state index contributed by atoms with van der Waals surface area (Å²) in [5, 5.41) is 8.75. The third-order valence-corrected chi connectivity index (χ3v) is 4.27. The second-order valence-corrected chi connectivity index (χ2v) is 5.53. The average molecular weight is 277 g/mol. The van der Waals surface area contributed by atoms with Crippen molar-refractivity contribution in [3.63, 3.8) is 0 Å². The summed E-state index contributed by atoms with van der Waals surface area (Å²) in [6.07, 6.45) is 3.17. The molecule has 0 spiro atoms. The Morgan fingerprint density at radius 3 is 2.50 bits per heavy atom. The van der Waals surface area contributed by atoms with E-state index in [0.29, 0.717) is 19.1 Å². The van der Waals surface area contributed by atoms with Crippen LogP contribution in [-0.2, 0) is 0 Å². The quantitative estimate of drug-likeness (QED) is 0.790. The number of halogens is 2. The van der Waals surface area contributed by atoms with Gasteiger partial charge in [-0.3, -0.25) is 4.90 Å². The highest BCUT2D eigenvalue weighted by Gasteiger charge is 2.30. The number of rotatable bonds is 1. The Hall–Kier alpha value is -1.67. The predicted molar refractivity (Wildman–Crippen MR) is 72.5 cm³/mol. The predicted octanol–water partition coefficient (Wildman–Crippen LogP) is 2.51. The van der Waals surface area contributed by atoms with Crippen LogP contribution in [0, 0.1) is 23.0 Å². The highest BCUT2D eigenvalue weighted by Crippen LogP contribution is 2.29. The molecule has 1 aromatic carbocycles. The third kappa shape index (κ3) is 2.36. The number of hydrogen-bond acceptors (Lipinski definition) is 3. The van der Waals surface area contributed by atoms with Crippen molar-refractivity contribution in [2.75, 3.05) is 31.1 Å². The normalized spacial score (nSPS) is 23.2. The smallest absolute Gasteiger partial charge is 0.150 e. The molecule has 0 saturated carbocycles. The topological polar surface area (TPSA) is 30.3 Å². The molecule has 2 aliphatic heterocycles. The molecule has 3 rings (SSSR count). The van der Waals surface area contributed by atoms with E-state index in [2.05, 4.69) is 4.90 Å². The number of anilines is 1. The molecule has 0 aromatic heterocycles. The van der Waals surface area contributed by atoms with Crippen molar-refractivity contribution in [3.8, 4) is 6.07 Å². The van der Waals surface area contributed by atoms with Crippen LogP contribution < -0.4 is 4.90 Å². The fraction of sp³-hybridized carbons (Fsp3) is 0.533. The number of hydrogen-bond donors (Lipinski definition) is 0. The van der Waals surface area contributed by atoms with Crippen LogP contribution in [0.1, 0.15) is 24.8 Å². The summed E-state index contributed by atoms with van der Waals surface area (Å²) in [4.78, 5) is 4.22.